The lowest BCUT2D eigenvalue weighted by atomic mass is 9.99. The van der Waals surface area contributed by atoms with Gasteiger partial charge in [-0.2, -0.15) is 0 Å². The number of nitrogens with zero attached hydrogens (tertiary/aromatic N) is 1. The molecule has 0 fully saturated rings. The summed E-state index contributed by atoms with van der Waals surface area (Å²) in [6.07, 6.45) is 8.69. The molecule has 7 nitrogen and oxygen atoms in total. The van der Waals surface area contributed by atoms with Crippen LogP contribution in [0.3, 0.4) is 0 Å². The maximum atomic E-state index is 10.5. The van der Waals surface area contributed by atoms with E-state index in [1.165, 1.54) is 14.2 Å². The quantitative estimate of drug-likeness (QED) is 0.626. The summed E-state index contributed by atoms with van der Waals surface area (Å²) in [5, 5.41) is 21.0. The molecule has 4 unspecified atom stereocenters. The van der Waals surface area contributed by atoms with E-state index in [0.29, 0.717) is 13.2 Å². The Hall–Kier alpha value is -1.48. The highest BCUT2D eigenvalue weighted by Gasteiger charge is 2.40. The zero-order chi connectivity index (χ0) is 19.4. The molecular formula is C19H29NO6. The molecule has 0 heterocycles. The molecule has 0 radical (unpaired) electrons. The van der Waals surface area contributed by atoms with Crippen molar-refractivity contribution in [3.63, 3.8) is 0 Å². The van der Waals surface area contributed by atoms with E-state index in [1.807, 2.05) is 31.9 Å². The maximum Gasteiger partial charge on any atom is 0.218 e. The van der Waals surface area contributed by atoms with Gasteiger partial charge in [-0.05, 0) is 50.3 Å². The van der Waals surface area contributed by atoms with Gasteiger partial charge in [-0.15, -0.1) is 0 Å². The molecule has 0 saturated heterocycles. The van der Waals surface area contributed by atoms with Gasteiger partial charge in [-0.1, -0.05) is 0 Å². The van der Waals surface area contributed by atoms with Crippen molar-refractivity contribution < 1.29 is 29.2 Å². The van der Waals surface area contributed by atoms with E-state index in [9.17, 15) is 10.2 Å². The molecule has 146 valence electrons. The van der Waals surface area contributed by atoms with Crippen LogP contribution >= 0.6 is 0 Å². The van der Waals surface area contributed by atoms with Gasteiger partial charge in [0.1, 0.15) is 12.2 Å². The Morgan fingerprint density at radius 1 is 1.04 bits per heavy atom. The number of rotatable bonds is 8. The van der Waals surface area contributed by atoms with Crippen LogP contribution in [0, 0.1) is 0 Å². The van der Waals surface area contributed by atoms with Crippen LogP contribution < -0.4 is 0 Å². The van der Waals surface area contributed by atoms with Crippen molar-refractivity contribution in [2.75, 3.05) is 34.5 Å². The summed E-state index contributed by atoms with van der Waals surface area (Å²) in [6.45, 7) is 4.42. The molecule has 2 rings (SSSR count). The fourth-order valence-electron chi connectivity index (χ4n) is 3.06. The molecule has 0 aliphatic heterocycles. The van der Waals surface area contributed by atoms with Crippen LogP contribution in [0.15, 0.2) is 47.9 Å². The predicted octanol–water partition coefficient (Wildman–Crippen LogP) is 1.31. The third kappa shape index (κ3) is 3.93. The average molecular weight is 367 g/mol. The Morgan fingerprint density at radius 2 is 1.65 bits per heavy atom. The number of likely N-dealkylation sites (N-methyl/N-ethyl adjacent to an activating group) is 1. The Kier molecular flexibility index (Phi) is 6.79. The summed E-state index contributed by atoms with van der Waals surface area (Å²) in [5.74, 6) is -2.68. The number of hydrogen-bond donors (Lipinski definition) is 2. The molecule has 0 bridgehead atoms. The zero-order valence-electron chi connectivity index (χ0n) is 16.0. The first-order valence-corrected chi connectivity index (χ1v) is 8.68. The second-order valence-corrected chi connectivity index (χ2v) is 6.05. The van der Waals surface area contributed by atoms with Gasteiger partial charge in [0.2, 0.25) is 11.6 Å². The first kappa shape index (κ1) is 20.8. The van der Waals surface area contributed by atoms with Crippen LogP contribution in [-0.2, 0) is 18.9 Å². The minimum Gasteiger partial charge on any atom is -0.383 e. The Balaban J connectivity index is 2.21. The van der Waals surface area contributed by atoms with E-state index in [4.69, 9.17) is 18.9 Å². The van der Waals surface area contributed by atoms with Crippen LogP contribution in [0.25, 0.3) is 0 Å². The van der Waals surface area contributed by atoms with Gasteiger partial charge in [0.15, 0.2) is 0 Å². The molecule has 2 aliphatic carbocycles. The molecule has 7 heteroatoms. The number of hydrogen-bond acceptors (Lipinski definition) is 7. The maximum absolute atomic E-state index is 10.5. The van der Waals surface area contributed by atoms with Gasteiger partial charge in [0.05, 0.1) is 0 Å². The summed E-state index contributed by atoms with van der Waals surface area (Å²) in [5.41, 5.74) is 1.56. The van der Waals surface area contributed by atoms with E-state index in [-0.39, 0.29) is 0 Å². The number of ether oxygens (including phenoxy) is 4. The molecule has 0 saturated carbocycles. The lowest BCUT2D eigenvalue weighted by Gasteiger charge is -2.38. The third-order valence-corrected chi connectivity index (χ3v) is 4.54. The van der Waals surface area contributed by atoms with Crippen molar-refractivity contribution in [3.05, 3.63) is 47.9 Å². The van der Waals surface area contributed by atoms with E-state index in [2.05, 4.69) is 0 Å². The molecule has 2 aliphatic rings. The average Bonchev–Trinajstić information content (AvgIpc) is 2.63. The highest BCUT2D eigenvalue weighted by Crippen LogP contribution is 2.31. The first-order valence-electron chi connectivity index (χ1n) is 8.68. The van der Waals surface area contributed by atoms with Crippen molar-refractivity contribution in [1.82, 2.24) is 4.90 Å². The molecule has 0 aromatic heterocycles. The summed E-state index contributed by atoms with van der Waals surface area (Å²) < 4.78 is 21.7. The lowest BCUT2D eigenvalue weighted by Crippen LogP contribution is -2.47. The summed E-state index contributed by atoms with van der Waals surface area (Å²) >= 11 is 0. The van der Waals surface area contributed by atoms with Crippen molar-refractivity contribution in [1.29, 1.82) is 0 Å². The number of aliphatic hydroxyl groups excluding tert-OH is 1. The van der Waals surface area contributed by atoms with Crippen LogP contribution in [0.1, 0.15) is 13.8 Å². The van der Waals surface area contributed by atoms with Crippen LogP contribution in [0.4, 0.5) is 0 Å². The lowest BCUT2D eigenvalue weighted by molar-refractivity contribution is -0.227. The second-order valence-electron chi connectivity index (χ2n) is 6.05. The van der Waals surface area contributed by atoms with Gasteiger partial charge in [0, 0.05) is 45.9 Å². The van der Waals surface area contributed by atoms with Crippen molar-refractivity contribution in [3.8, 4) is 0 Å². The Labute approximate surface area is 154 Å². The van der Waals surface area contributed by atoms with E-state index in [0.717, 1.165) is 11.4 Å². The molecule has 2 N–H and O–H groups in total. The van der Waals surface area contributed by atoms with Crippen molar-refractivity contribution >= 4 is 0 Å². The monoisotopic (exact) mass is 367 g/mol. The SMILES string of the molecule is CCOC1(O)C=CC(N(C)C2=CC(O)C(OC)(OCC)C=C2)=CC1OC. The Morgan fingerprint density at radius 3 is 2.19 bits per heavy atom. The molecule has 0 aromatic carbocycles. The first-order chi connectivity index (χ1) is 12.4. The molecular weight excluding hydrogens is 338 g/mol. The van der Waals surface area contributed by atoms with Crippen molar-refractivity contribution in [2.45, 2.75) is 37.6 Å². The van der Waals surface area contributed by atoms with Gasteiger partial charge >= 0.3 is 0 Å². The zero-order valence-corrected chi connectivity index (χ0v) is 16.0. The van der Waals surface area contributed by atoms with Gasteiger partial charge in [-0.3, -0.25) is 0 Å². The number of allylic oxidation sites excluding steroid dienone is 2. The fourth-order valence-corrected chi connectivity index (χ4v) is 3.06. The minimum absolute atomic E-state index is 0.357. The standard InChI is InChI=1S/C19H29NO6/c1-6-25-18(22)10-8-15(13-17(18)23-4)20(3)14-9-11-19(24-5,26-7-2)16(21)12-14/h8-13,16-17,21-22H,6-7H2,1-5H3. The van der Waals surface area contributed by atoms with Crippen LogP contribution in [0.5, 0.6) is 0 Å². The highest BCUT2D eigenvalue weighted by molar-refractivity contribution is 5.37. The molecule has 0 spiro atoms. The summed E-state index contributed by atoms with van der Waals surface area (Å²) in [7, 11) is 4.87. The number of methoxy groups -OCH3 is 2. The predicted molar refractivity (Wildman–Crippen MR) is 97.0 cm³/mol. The number of aliphatic hydroxyl groups is 2. The summed E-state index contributed by atoms with van der Waals surface area (Å²) in [4.78, 5) is 1.87. The fraction of sp³-hybridized carbons (Fsp3) is 0.579. The smallest absolute Gasteiger partial charge is 0.218 e. The highest BCUT2D eigenvalue weighted by atomic mass is 16.7. The Bertz CT molecular complexity index is 613. The summed E-state index contributed by atoms with van der Waals surface area (Å²) in [6, 6.07) is 0. The van der Waals surface area contributed by atoms with Gasteiger partial charge in [0.25, 0.3) is 0 Å². The third-order valence-electron chi connectivity index (χ3n) is 4.54. The van der Waals surface area contributed by atoms with Gasteiger partial charge in [-0.25, -0.2) is 0 Å². The normalized spacial score (nSPS) is 33.8. The molecule has 0 aromatic rings. The van der Waals surface area contributed by atoms with Gasteiger partial charge < -0.3 is 34.1 Å². The van der Waals surface area contributed by atoms with Crippen molar-refractivity contribution in [2.24, 2.45) is 0 Å². The van der Waals surface area contributed by atoms with E-state index < -0.39 is 23.8 Å². The van der Waals surface area contributed by atoms with Crippen LogP contribution in [-0.4, -0.2) is 73.4 Å². The topological polar surface area (TPSA) is 80.6 Å². The van der Waals surface area contributed by atoms with E-state index in [1.54, 1.807) is 30.4 Å². The minimum atomic E-state index is -1.50. The van der Waals surface area contributed by atoms with E-state index >= 15 is 0 Å². The molecule has 4 atom stereocenters. The second kappa shape index (κ2) is 8.47. The molecule has 26 heavy (non-hydrogen) atoms. The molecule has 0 amide bonds. The van der Waals surface area contributed by atoms with Crippen LogP contribution in [0.2, 0.25) is 0 Å². The largest absolute Gasteiger partial charge is 0.383 e.